The molecule has 1 aromatic rings. The SMILES string of the molecule is CN=C(NCCCC1CC1)N(C)CCOc1ccc(OC)cc1. The van der Waals surface area contributed by atoms with Crippen LogP contribution in [0.1, 0.15) is 25.7 Å². The van der Waals surface area contributed by atoms with Crippen molar-refractivity contribution in [3.63, 3.8) is 0 Å². The van der Waals surface area contributed by atoms with E-state index in [2.05, 4.69) is 15.2 Å². The maximum atomic E-state index is 5.76. The average molecular weight is 319 g/mol. The molecule has 0 aromatic heterocycles. The Morgan fingerprint density at radius 3 is 2.57 bits per heavy atom. The van der Waals surface area contributed by atoms with Crippen LogP contribution in [0, 0.1) is 5.92 Å². The van der Waals surface area contributed by atoms with Gasteiger partial charge in [0.05, 0.1) is 13.7 Å². The molecule has 1 N–H and O–H groups in total. The molecule has 5 heteroatoms. The fraction of sp³-hybridized carbons (Fsp3) is 0.611. The minimum Gasteiger partial charge on any atom is -0.497 e. The molecule has 128 valence electrons. The van der Waals surface area contributed by atoms with Crippen molar-refractivity contribution in [3.05, 3.63) is 24.3 Å². The first-order valence-corrected chi connectivity index (χ1v) is 8.41. The molecule has 23 heavy (non-hydrogen) atoms. The predicted molar refractivity (Wildman–Crippen MR) is 94.4 cm³/mol. The second-order valence-electron chi connectivity index (χ2n) is 6.01. The van der Waals surface area contributed by atoms with Crippen LogP contribution in [0.4, 0.5) is 0 Å². The third-order valence-corrected chi connectivity index (χ3v) is 4.10. The Hall–Kier alpha value is -1.91. The first-order chi connectivity index (χ1) is 11.2. The monoisotopic (exact) mass is 319 g/mol. The molecule has 0 atom stereocenters. The third-order valence-electron chi connectivity index (χ3n) is 4.10. The molecular formula is C18H29N3O2. The minimum absolute atomic E-state index is 0.617. The molecule has 0 unspecified atom stereocenters. The fourth-order valence-corrected chi connectivity index (χ4v) is 2.46. The number of nitrogens with one attached hydrogen (secondary N) is 1. The van der Waals surface area contributed by atoms with Crippen molar-refractivity contribution in [3.8, 4) is 11.5 Å². The summed E-state index contributed by atoms with van der Waals surface area (Å²) < 4.78 is 10.9. The Labute approximate surface area is 139 Å². The van der Waals surface area contributed by atoms with Crippen LogP contribution in [0.15, 0.2) is 29.3 Å². The van der Waals surface area contributed by atoms with Crippen LogP contribution in [0.2, 0.25) is 0 Å². The average Bonchev–Trinajstić information content (AvgIpc) is 3.39. The number of aliphatic imine (C=N–C) groups is 1. The van der Waals surface area contributed by atoms with Crippen LogP contribution < -0.4 is 14.8 Å². The highest BCUT2D eigenvalue weighted by Gasteiger charge is 2.20. The van der Waals surface area contributed by atoms with Crippen LogP contribution in [0.3, 0.4) is 0 Å². The van der Waals surface area contributed by atoms with E-state index in [-0.39, 0.29) is 0 Å². The molecular weight excluding hydrogens is 290 g/mol. The number of methoxy groups -OCH3 is 1. The summed E-state index contributed by atoms with van der Waals surface area (Å²) >= 11 is 0. The summed E-state index contributed by atoms with van der Waals surface area (Å²) in [4.78, 5) is 6.43. The molecule has 1 aliphatic carbocycles. The highest BCUT2D eigenvalue weighted by molar-refractivity contribution is 5.79. The number of ether oxygens (including phenoxy) is 2. The molecule has 0 radical (unpaired) electrons. The van der Waals surface area contributed by atoms with Crippen molar-refractivity contribution < 1.29 is 9.47 Å². The Bertz CT molecular complexity index is 484. The zero-order valence-corrected chi connectivity index (χ0v) is 14.5. The van der Waals surface area contributed by atoms with Gasteiger partial charge in [-0.25, -0.2) is 0 Å². The van der Waals surface area contributed by atoms with Gasteiger partial charge >= 0.3 is 0 Å². The smallest absolute Gasteiger partial charge is 0.193 e. The zero-order valence-electron chi connectivity index (χ0n) is 14.5. The van der Waals surface area contributed by atoms with E-state index in [0.29, 0.717) is 6.61 Å². The van der Waals surface area contributed by atoms with Gasteiger partial charge in [-0.2, -0.15) is 0 Å². The second kappa shape index (κ2) is 9.28. The molecule has 0 spiro atoms. The van der Waals surface area contributed by atoms with Crippen LogP contribution >= 0.6 is 0 Å². The lowest BCUT2D eigenvalue weighted by Gasteiger charge is -2.22. The van der Waals surface area contributed by atoms with Gasteiger partial charge in [0, 0.05) is 20.6 Å². The highest BCUT2D eigenvalue weighted by atomic mass is 16.5. The molecule has 2 rings (SSSR count). The van der Waals surface area contributed by atoms with Gasteiger partial charge in [-0.1, -0.05) is 12.8 Å². The van der Waals surface area contributed by atoms with E-state index in [4.69, 9.17) is 9.47 Å². The lowest BCUT2D eigenvalue weighted by Crippen LogP contribution is -2.41. The van der Waals surface area contributed by atoms with Crippen molar-refractivity contribution in [2.24, 2.45) is 10.9 Å². The Morgan fingerprint density at radius 1 is 1.26 bits per heavy atom. The normalized spacial score (nSPS) is 14.5. The Balaban J connectivity index is 1.63. The summed E-state index contributed by atoms with van der Waals surface area (Å²) in [6.07, 6.45) is 5.42. The second-order valence-corrected chi connectivity index (χ2v) is 6.01. The summed E-state index contributed by atoms with van der Waals surface area (Å²) in [6, 6.07) is 7.65. The van der Waals surface area contributed by atoms with Crippen molar-refractivity contribution in [1.29, 1.82) is 0 Å². The molecule has 1 saturated carbocycles. The molecule has 0 aliphatic heterocycles. The maximum absolute atomic E-state index is 5.76. The largest absolute Gasteiger partial charge is 0.497 e. The number of benzene rings is 1. The van der Waals surface area contributed by atoms with Crippen LogP contribution in [-0.2, 0) is 0 Å². The summed E-state index contributed by atoms with van der Waals surface area (Å²) in [5.41, 5.74) is 0. The molecule has 0 heterocycles. The topological polar surface area (TPSA) is 46.1 Å². The predicted octanol–water partition coefficient (Wildman–Crippen LogP) is 2.77. The molecule has 0 bridgehead atoms. The van der Waals surface area contributed by atoms with Crippen molar-refractivity contribution >= 4 is 5.96 Å². The molecule has 5 nitrogen and oxygen atoms in total. The summed E-state index contributed by atoms with van der Waals surface area (Å²) in [6.45, 7) is 2.40. The lowest BCUT2D eigenvalue weighted by atomic mass is 10.2. The van der Waals surface area contributed by atoms with Gasteiger partial charge in [0.25, 0.3) is 0 Å². The first-order valence-electron chi connectivity index (χ1n) is 8.41. The van der Waals surface area contributed by atoms with E-state index in [1.165, 1.54) is 25.7 Å². The Kier molecular flexibility index (Phi) is 7.04. The van der Waals surface area contributed by atoms with E-state index in [0.717, 1.165) is 36.5 Å². The van der Waals surface area contributed by atoms with E-state index >= 15 is 0 Å². The maximum Gasteiger partial charge on any atom is 0.193 e. The summed E-state index contributed by atoms with van der Waals surface area (Å²) in [5.74, 6) is 3.62. The third kappa shape index (κ3) is 6.38. The van der Waals surface area contributed by atoms with Gasteiger partial charge in [-0.15, -0.1) is 0 Å². The van der Waals surface area contributed by atoms with Crippen molar-refractivity contribution in [1.82, 2.24) is 10.2 Å². The number of rotatable bonds is 9. The van der Waals surface area contributed by atoms with Crippen molar-refractivity contribution in [2.75, 3.05) is 40.9 Å². The van der Waals surface area contributed by atoms with Crippen LogP contribution in [-0.4, -0.2) is 51.8 Å². The van der Waals surface area contributed by atoms with Gasteiger partial charge < -0.3 is 19.7 Å². The van der Waals surface area contributed by atoms with Crippen LogP contribution in [0.5, 0.6) is 11.5 Å². The number of hydrogen-bond acceptors (Lipinski definition) is 3. The molecule has 1 aliphatic rings. The van der Waals surface area contributed by atoms with E-state index in [1.807, 2.05) is 38.4 Å². The fourth-order valence-electron chi connectivity index (χ4n) is 2.46. The molecule has 0 amide bonds. The molecule has 1 aromatic carbocycles. The number of likely N-dealkylation sites (N-methyl/N-ethyl adjacent to an activating group) is 1. The van der Waals surface area contributed by atoms with Gasteiger partial charge in [-0.3, -0.25) is 4.99 Å². The first kappa shape index (κ1) is 17.4. The quantitative estimate of drug-likeness (QED) is 0.432. The molecule has 1 fully saturated rings. The van der Waals surface area contributed by atoms with E-state index in [9.17, 15) is 0 Å². The number of nitrogens with zero attached hydrogens (tertiary/aromatic N) is 2. The van der Waals surface area contributed by atoms with E-state index < -0.39 is 0 Å². The van der Waals surface area contributed by atoms with Gasteiger partial charge in [0.15, 0.2) is 5.96 Å². The highest BCUT2D eigenvalue weighted by Crippen LogP contribution is 2.33. The van der Waals surface area contributed by atoms with Gasteiger partial charge in [-0.05, 0) is 43.0 Å². The zero-order chi connectivity index (χ0) is 16.5. The standard InChI is InChI=1S/C18H29N3O2/c1-19-18(20-12-4-5-15-6-7-15)21(2)13-14-23-17-10-8-16(22-3)9-11-17/h8-11,15H,4-7,12-14H2,1-3H3,(H,19,20). The Morgan fingerprint density at radius 2 is 1.96 bits per heavy atom. The lowest BCUT2D eigenvalue weighted by molar-refractivity contribution is 0.281. The minimum atomic E-state index is 0.617. The number of hydrogen-bond donors (Lipinski definition) is 1. The van der Waals surface area contributed by atoms with E-state index in [1.54, 1.807) is 7.11 Å². The summed E-state index contributed by atoms with van der Waals surface area (Å²) in [7, 11) is 5.52. The summed E-state index contributed by atoms with van der Waals surface area (Å²) in [5, 5.41) is 3.42. The number of guanidine groups is 1. The molecule has 0 saturated heterocycles. The van der Waals surface area contributed by atoms with Crippen LogP contribution in [0.25, 0.3) is 0 Å². The van der Waals surface area contributed by atoms with Gasteiger partial charge in [0.2, 0.25) is 0 Å². The van der Waals surface area contributed by atoms with Crippen molar-refractivity contribution in [2.45, 2.75) is 25.7 Å². The van der Waals surface area contributed by atoms with Gasteiger partial charge in [0.1, 0.15) is 18.1 Å².